The Labute approximate surface area is 85.1 Å². The SMILES string of the molecule is C=CC(=O)OC(C)CC1OCC1CC. The topological polar surface area (TPSA) is 35.5 Å². The third-order valence-corrected chi connectivity index (χ3v) is 2.62. The molecule has 0 saturated carbocycles. The molecular weight excluding hydrogens is 180 g/mol. The number of rotatable bonds is 5. The third-order valence-electron chi connectivity index (χ3n) is 2.62. The summed E-state index contributed by atoms with van der Waals surface area (Å²) in [5, 5.41) is 0. The van der Waals surface area contributed by atoms with Crippen molar-refractivity contribution in [1.29, 1.82) is 0 Å². The summed E-state index contributed by atoms with van der Waals surface area (Å²) in [6.07, 6.45) is 3.30. The lowest BCUT2D eigenvalue weighted by Gasteiger charge is -2.37. The van der Waals surface area contributed by atoms with E-state index in [1.54, 1.807) is 0 Å². The van der Waals surface area contributed by atoms with Crippen molar-refractivity contribution in [3.63, 3.8) is 0 Å². The Kier molecular flexibility index (Phi) is 4.14. The summed E-state index contributed by atoms with van der Waals surface area (Å²) in [4.78, 5) is 10.9. The van der Waals surface area contributed by atoms with E-state index in [2.05, 4.69) is 13.5 Å². The highest BCUT2D eigenvalue weighted by molar-refractivity contribution is 5.81. The van der Waals surface area contributed by atoms with Gasteiger partial charge in [0.05, 0.1) is 12.7 Å². The van der Waals surface area contributed by atoms with Crippen LogP contribution in [0.3, 0.4) is 0 Å². The van der Waals surface area contributed by atoms with E-state index < -0.39 is 0 Å². The molecule has 1 fully saturated rings. The zero-order chi connectivity index (χ0) is 10.6. The van der Waals surface area contributed by atoms with E-state index in [0.717, 1.165) is 19.4 Å². The van der Waals surface area contributed by atoms with Crippen molar-refractivity contribution >= 4 is 5.97 Å². The van der Waals surface area contributed by atoms with Gasteiger partial charge >= 0.3 is 5.97 Å². The molecule has 0 aromatic carbocycles. The highest BCUT2D eigenvalue weighted by Gasteiger charge is 2.32. The molecule has 0 N–H and O–H groups in total. The summed E-state index contributed by atoms with van der Waals surface area (Å²) >= 11 is 0. The molecule has 14 heavy (non-hydrogen) atoms. The number of carbonyl (C=O) groups excluding carboxylic acids is 1. The lowest BCUT2D eigenvalue weighted by atomic mass is 9.91. The number of hydrogen-bond acceptors (Lipinski definition) is 3. The summed E-state index contributed by atoms with van der Waals surface area (Å²) in [5.74, 6) is 0.282. The summed E-state index contributed by atoms with van der Waals surface area (Å²) in [6.45, 7) is 8.24. The molecule has 0 spiro atoms. The van der Waals surface area contributed by atoms with Crippen LogP contribution < -0.4 is 0 Å². The summed E-state index contributed by atoms with van der Waals surface area (Å²) in [6, 6.07) is 0. The number of hydrogen-bond donors (Lipinski definition) is 0. The Balaban J connectivity index is 2.23. The van der Waals surface area contributed by atoms with Crippen LogP contribution in [0.5, 0.6) is 0 Å². The molecule has 3 nitrogen and oxygen atoms in total. The van der Waals surface area contributed by atoms with E-state index in [-0.39, 0.29) is 18.2 Å². The maximum atomic E-state index is 10.9. The van der Waals surface area contributed by atoms with Crippen molar-refractivity contribution in [2.75, 3.05) is 6.61 Å². The van der Waals surface area contributed by atoms with Crippen LogP contribution >= 0.6 is 0 Å². The molecule has 1 saturated heterocycles. The van der Waals surface area contributed by atoms with Gasteiger partial charge in [0.15, 0.2) is 0 Å². The Morgan fingerprint density at radius 3 is 2.93 bits per heavy atom. The van der Waals surface area contributed by atoms with E-state index in [1.165, 1.54) is 6.08 Å². The van der Waals surface area contributed by atoms with Gasteiger partial charge in [-0.05, 0) is 13.3 Å². The van der Waals surface area contributed by atoms with Crippen LogP contribution in [0.4, 0.5) is 0 Å². The highest BCUT2D eigenvalue weighted by atomic mass is 16.5. The van der Waals surface area contributed by atoms with Crippen molar-refractivity contribution < 1.29 is 14.3 Å². The van der Waals surface area contributed by atoms with Gasteiger partial charge in [0.25, 0.3) is 0 Å². The molecule has 3 unspecified atom stereocenters. The van der Waals surface area contributed by atoms with Crippen molar-refractivity contribution in [2.24, 2.45) is 5.92 Å². The molecule has 0 amide bonds. The summed E-state index contributed by atoms with van der Waals surface area (Å²) < 4.78 is 10.5. The predicted molar refractivity (Wildman–Crippen MR) is 53.9 cm³/mol. The van der Waals surface area contributed by atoms with Gasteiger partial charge in [0.2, 0.25) is 0 Å². The predicted octanol–water partition coefficient (Wildman–Crippen LogP) is 1.92. The maximum Gasteiger partial charge on any atom is 0.330 e. The van der Waals surface area contributed by atoms with Crippen LogP contribution in [0.25, 0.3) is 0 Å². The fraction of sp³-hybridized carbons (Fsp3) is 0.727. The molecule has 0 radical (unpaired) electrons. The van der Waals surface area contributed by atoms with Crippen LogP contribution in [-0.4, -0.2) is 24.8 Å². The van der Waals surface area contributed by atoms with E-state index >= 15 is 0 Å². The van der Waals surface area contributed by atoms with Gasteiger partial charge in [0, 0.05) is 18.4 Å². The monoisotopic (exact) mass is 198 g/mol. The lowest BCUT2D eigenvalue weighted by Crippen LogP contribution is -2.41. The molecule has 0 aliphatic carbocycles. The summed E-state index contributed by atoms with van der Waals surface area (Å²) in [7, 11) is 0. The number of carbonyl (C=O) groups is 1. The second-order valence-corrected chi connectivity index (χ2v) is 3.73. The van der Waals surface area contributed by atoms with Gasteiger partial charge in [-0.15, -0.1) is 0 Å². The molecular formula is C11H18O3. The van der Waals surface area contributed by atoms with Gasteiger partial charge < -0.3 is 9.47 Å². The molecule has 0 aromatic heterocycles. The first-order valence-electron chi connectivity index (χ1n) is 5.12. The van der Waals surface area contributed by atoms with E-state index in [4.69, 9.17) is 9.47 Å². The van der Waals surface area contributed by atoms with Gasteiger partial charge in [-0.3, -0.25) is 0 Å². The Bertz CT molecular complexity index is 211. The minimum atomic E-state index is -0.357. The molecule has 3 heteroatoms. The quantitative estimate of drug-likeness (QED) is 0.500. The zero-order valence-electron chi connectivity index (χ0n) is 8.86. The molecule has 1 aliphatic rings. The summed E-state index contributed by atoms with van der Waals surface area (Å²) in [5.41, 5.74) is 0. The molecule has 3 atom stereocenters. The van der Waals surface area contributed by atoms with E-state index in [1.807, 2.05) is 6.92 Å². The first kappa shape index (κ1) is 11.2. The first-order valence-corrected chi connectivity index (χ1v) is 5.12. The smallest absolute Gasteiger partial charge is 0.330 e. The number of ether oxygens (including phenoxy) is 2. The van der Waals surface area contributed by atoms with Crippen molar-refractivity contribution in [3.8, 4) is 0 Å². The van der Waals surface area contributed by atoms with Crippen molar-refractivity contribution in [2.45, 2.75) is 38.9 Å². The van der Waals surface area contributed by atoms with Gasteiger partial charge in [-0.25, -0.2) is 4.79 Å². The maximum absolute atomic E-state index is 10.9. The second-order valence-electron chi connectivity index (χ2n) is 3.73. The van der Waals surface area contributed by atoms with Crippen LogP contribution in [0.1, 0.15) is 26.7 Å². The molecule has 0 bridgehead atoms. The van der Waals surface area contributed by atoms with Crippen LogP contribution in [0, 0.1) is 5.92 Å². The fourth-order valence-electron chi connectivity index (χ4n) is 1.63. The minimum Gasteiger partial charge on any atom is -0.459 e. The Hall–Kier alpha value is -0.830. The minimum absolute atomic E-state index is 0.0835. The second kappa shape index (κ2) is 5.15. The first-order chi connectivity index (χ1) is 6.67. The normalized spacial score (nSPS) is 27.6. The van der Waals surface area contributed by atoms with Crippen LogP contribution in [-0.2, 0) is 14.3 Å². The van der Waals surface area contributed by atoms with Crippen molar-refractivity contribution in [1.82, 2.24) is 0 Å². The number of esters is 1. The molecule has 1 rings (SSSR count). The zero-order valence-corrected chi connectivity index (χ0v) is 8.86. The van der Waals surface area contributed by atoms with Crippen LogP contribution in [0.15, 0.2) is 12.7 Å². The van der Waals surface area contributed by atoms with Gasteiger partial charge in [-0.1, -0.05) is 13.5 Å². The Morgan fingerprint density at radius 2 is 2.50 bits per heavy atom. The molecule has 1 heterocycles. The molecule has 80 valence electrons. The highest BCUT2D eigenvalue weighted by Crippen LogP contribution is 2.27. The van der Waals surface area contributed by atoms with Gasteiger partial charge in [-0.2, -0.15) is 0 Å². The molecule has 0 aromatic rings. The fourth-order valence-corrected chi connectivity index (χ4v) is 1.63. The standard InChI is InChI=1S/C11H18O3/c1-4-9-7-13-10(9)6-8(3)14-11(12)5-2/h5,8-10H,2,4,6-7H2,1,3H3. The Morgan fingerprint density at radius 1 is 1.79 bits per heavy atom. The van der Waals surface area contributed by atoms with Crippen molar-refractivity contribution in [3.05, 3.63) is 12.7 Å². The van der Waals surface area contributed by atoms with E-state index in [9.17, 15) is 4.79 Å². The van der Waals surface area contributed by atoms with E-state index in [0.29, 0.717) is 5.92 Å². The lowest BCUT2D eigenvalue weighted by molar-refractivity contribution is -0.154. The average Bonchev–Trinajstić information content (AvgIpc) is 2.13. The largest absolute Gasteiger partial charge is 0.459 e. The van der Waals surface area contributed by atoms with Gasteiger partial charge in [0.1, 0.15) is 6.10 Å². The average molecular weight is 198 g/mol. The van der Waals surface area contributed by atoms with Crippen LogP contribution in [0.2, 0.25) is 0 Å². The third kappa shape index (κ3) is 2.84. The molecule has 1 aliphatic heterocycles.